The minimum atomic E-state index is -0.780. The zero-order valence-electron chi connectivity index (χ0n) is 11.5. The Balaban J connectivity index is 2.82. The van der Waals surface area contributed by atoms with E-state index in [2.05, 4.69) is 58.9 Å². The third-order valence-corrected chi connectivity index (χ3v) is 6.86. The van der Waals surface area contributed by atoms with Crippen LogP contribution in [-0.4, -0.2) is 20.4 Å². The third kappa shape index (κ3) is 3.49. The van der Waals surface area contributed by atoms with Crippen molar-refractivity contribution >= 4 is 31.9 Å². The summed E-state index contributed by atoms with van der Waals surface area (Å²) in [5, 5.41) is 10.1. The molecule has 0 spiro atoms. The summed E-state index contributed by atoms with van der Waals surface area (Å²) in [5.41, 5.74) is 0.645. The van der Waals surface area contributed by atoms with E-state index in [0.29, 0.717) is 15.6 Å². The quantitative estimate of drug-likeness (QED) is 0.547. The topological polar surface area (TPSA) is 20.2 Å². The monoisotopic (exact) mass is 378 g/mol. The summed E-state index contributed by atoms with van der Waals surface area (Å²) in [6.07, 6.45) is 4.36. The van der Waals surface area contributed by atoms with Gasteiger partial charge in [0.1, 0.15) is 0 Å². The molecule has 0 amide bonds. The average Bonchev–Trinajstić information content (AvgIpc) is 2.26. The Labute approximate surface area is 128 Å². The molecular formula is C15H24Br2O. The molecule has 1 aliphatic rings. The number of aliphatic hydroxyl groups is 1. The van der Waals surface area contributed by atoms with Crippen molar-refractivity contribution in [1.29, 1.82) is 0 Å². The molecule has 1 saturated carbocycles. The van der Waals surface area contributed by atoms with Gasteiger partial charge in [0.25, 0.3) is 0 Å². The van der Waals surface area contributed by atoms with Gasteiger partial charge in [0.05, 0.1) is 5.60 Å². The fourth-order valence-electron chi connectivity index (χ4n) is 2.65. The zero-order chi connectivity index (χ0) is 14.1. The molecule has 0 heterocycles. The molecule has 0 radical (unpaired) electrons. The Morgan fingerprint density at radius 2 is 2.06 bits per heavy atom. The van der Waals surface area contributed by atoms with Crippen LogP contribution in [0, 0.1) is 11.3 Å². The van der Waals surface area contributed by atoms with Crippen LogP contribution in [0.4, 0.5) is 0 Å². The summed E-state index contributed by atoms with van der Waals surface area (Å²) in [7, 11) is 0. The van der Waals surface area contributed by atoms with Gasteiger partial charge in [-0.3, -0.25) is 0 Å². The lowest BCUT2D eigenvalue weighted by Crippen LogP contribution is -2.43. The summed E-state index contributed by atoms with van der Waals surface area (Å²) in [4.78, 5) is 0.840. The molecule has 1 N–H and O–H groups in total. The molecule has 0 aromatic heterocycles. The predicted molar refractivity (Wildman–Crippen MR) is 86.5 cm³/mol. The van der Waals surface area contributed by atoms with Gasteiger partial charge in [-0.25, -0.2) is 0 Å². The molecule has 18 heavy (non-hydrogen) atoms. The lowest BCUT2D eigenvalue weighted by molar-refractivity contribution is 0.0818. The Bertz CT molecular complexity index is 333. The van der Waals surface area contributed by atoms with Crippen LogP contribution < -0.4 is 0 Å². The second-order valence-corrected chi connectivity index (χ2v) is 8.43. The highest BCUT2D eigenvalue weighted by atomic mass is 79.9. The van der Waals surface area contributed by atoms with E-state index in [0.717, 1.165) is 19.3 Å². The molecule has 1 fully saturated rings. The average molecular weight is 380 g/mol. The first-order chi connectivity index (χ1) is 8.12. The van der Waals surface area contributed by atoms with E-state index in [1.54, 1.807) is 6.08 Å². The standard InChI is InChI=1S/C15H24Br2O/c1-6-15(5,18)8-7-11-10(2)12(16)9-13(17)14(11,3)4/h6,11-13,18H,1-2,7-9H2,3-5H3/t11-,12-,13-,15-/m0/s1. The van der Waals surface area contributed by atoms with Crippen molar-refractivity contribution in [2.24, 2.45) is 11.3 Å². The largest absolute Gasteiger partial charge is 0.386 e. The Hall–Kier alpha value is 0.400. The molecule has 0 aromatic rings. The molecule has 0 bridgehead atoms. The van der Waals surface area contributed by atoms with E-state index < -0.39 is 5.60 Å². The molecule has 0 aliphatic heterocycles. The van der Waals surface area contributed by atoms with Crippen LogP contribution in [0.2, 0.25) is 0 Å². The first-order valence-corrected chi connectivity index (χ1v) is 8.27. The minimum Gasteiger partial charge on any atom is -0.386 e. The van der Waals surface area contributed by atoms with E-state index in [1.807, 2.05) is 6.92 Å². The molecule has 3 heteroatoms. The van der Waals surface area contributed by atoms with Gasteiger partial charge in [0, 0.05) is 9.65 Å². The van der Waals surface area contributed by atoms with E-state index >= 15 is 0 Å². The first-order valence-electron chi connectivity index (χ1n) is 6.44. The Morgan fingerprint density at radius 3 is 2.56 bits per heavy atom. The van der Waals surface area contributed by atoms with Crippen LogP contribution >= 0.6 is 31.9 Å². The van der Waals surface area contributed by atoms with Crippen LogP contribution in [0.25, 0.3) is 0 Å². The normalized spacial score (nSPS) is 35.0. The van der Waals surface area contributed by atoms with Crippen LogP contribution in [0.5, 0.6) is 0 Å². The van der Waals surface area contributed by atoms with Gasteiger partial charge in [-0.2, -0.15) is 0 Å². The second kappa shape index (κ2) is 5.80. The van der Waals surface area contributed by atoms with Gasteiger partial charge in [-0.05, 0) is 37.5 Å². The van der Waals surface area contributed by atoms with Crippen LogP contribution in [0.15, 0.2) is 24.8 Å². The van der Waals surface area contributed by atoms with Crippen molar-refractivity contribution in [2.75, 3.05) is 0 Å². The van der Waals surface area contributed by atoms with Crippen LogP contribution in [0.3, 0.4) is 0 Å². The van der Waals surface area contributed by atoms with Gasteiger partial charge in [0.15, 0.2) is 0 Å². The molecule has 1 rings (SSSR count). The molecule has 104 valence electrons. The molecule has 1 nitrogen and oxygen atoms in total. The predicted octanol–water partition coefficient (Wildman–Crippen LogP) is 4.83. The van der Waals surface area contributed by atoms with Gasteiger partial charge in [-0.15, -0.1) is 6.58 Å². The van der Waals surface area contributed by atoms with Gasteiger partial charge in [-0.1, -0.05) is 63.9 Å². The van der Waals surface area contributed by atoms with E-state index in [-0.39, 0.29) is 5.41 Å². The highest BCUT2D eigenvalue weighted by Gasteiger charge is 2.44. The van der Waals surface area contributed by atoms with Crippen molar-refractivity contribution in [1.82, 2.24) is 0 Å². The smallest absolute Gasteiger partial charge is 0.0797 e. The van der Waals surface area contributed by atoms with Crippen molar-refractivity contribution < 1.29 is 5.11 Å². The van der Waals surface area contributed by atoms with Crippen LogP contribution in [-0.2, 0) is 0 Å². The van der Waals surface area contributed by atoms with Gasteiger partial charge < -0.3 is 5.11 Å². The number of rotatable bonds is 4. The highest BCUT2D eigenvalue weighted by molar-refractivity contribution is 9.10. The van der Waals surface area contributed by atoms with E-state index in [1.165, 1.54) is 5.57 Å². The number of allylic oxidation sites excluding steroid dienone is 1. The molecule has 1 aliphatic carbocycles. The van der Waals surface area contributed by atoms with Crippen molar-refractivity contribution in [2.45, 2.75) is 55.3 Å². The second-order valence-electron chi connectivity index (χ2n) is 6.22. The van der Waals surface area contributed by atoms with E-state index in [4.69, 9.17) is 0 Å². The summed E-state index contributed by atoms with van der Waals surface area (Å²) >= 11 is 7.51. The maximum absolute atomic E-state index is 10.1. The zero-order valence-corrected chi connectivity index (χ0v) is 14.7. The van der Waals surface area contributed by atoms with Gasteiger partial charge >= 0.3 is 0 Å². The number of hydrogen-bond donors (Lipinski definition) is 1. The number of hydrogen-bond acceptors (Lipinski definition) is 1. The molecule has 4 atom stereocenters. The van der Waals surface area contributed by atoms with E-state index in [9.17, 15) is 5.11 Å². The fraction of sp³-hybridized carbons (Fsp3) is 0.733. The molecule has 0 aromatic carbocycles. The number of alkyl halides is 2. The Kier molecular flexibility index (Phi) is 5.30. The molecule has 0 unspecified atom stereocenters. The summed E-state index contributed by atoms with van der Waals surface area (Å²) < 4.78 is 0. The highest BCUT2D eigenvalue weighted by Crippen LogP contribution is 2.50. The van der Waals surface area contributed by atoms with Crippen LogP contribution in [0.1, 0.15) is 40.0 Å². The summed E-state index contributed by atoms with van der Waals surface area (Å²) in [6.45, 7) is 14.3. The minimum absolute atomic E-state index is 0.165. The summed E-state index contributed by atoms with van der Waals surface area (Å²) in [5.74, 6) is 0.409. The number of halogens is 2. The maximum atomic E-state index is 10.1. The van der Waals surface area contributed by atoms with Crippen molar-refractivity contribution in [3.63, 3.8) is 0 Å². The fourth-order valence-corrected chi connectivity index (χ4v) is 4.53. The van der Waals surface area contributed by atoms with Crippen molar-refractivity contribution in [3.05, 3.63) is 24.8 Å². The Morgan fingerprint density at radius 1 is 1.50 bits per heavy atom. The van der Waals surface area contributed by atoms with Gasteiger partial charge in [0.2, 0.25) is 0 Å². The first kappa shape index (κ1) is 16.5. The SMILES string of the molecule is C=C[C@](C)(O)CC[C@H]1C(=C)[C@@H](Br)C[C@H](Br)C1(C)C. The van der Waals surface area contributed by atoms with Crippen molar-refractivity contribution in [3.8, 4) is 0 Å². The maximum Gasteiger partial charge on any atom is 0.0797 e. The molecular weight excluding hydrogens is 356 g/mol. The lowest BCUT2D eigenvalue weighted by atomic mass is 9.64. The third-order valence-electron chi connectivity index (χ3n) is 4.35. The lowest BCUT2D eigenvalue weighted by Gasteiger charge is -2.47. The summed E-state index contributed by atoms with van der Waals surface area (Å²) in [6, 6.07) is 0. The molecule has 0 saturated heterocycles.